The Kier molecular flexibility index (Phi) is 3.81. The van der Waals surface area contributed by atoms with Crippen LogP contribution in [0.25, 0.3) is 0 Å². The molecule has 0 saturated carbocycles. The van der Waals surface area contributed by atoms with E-state index in [0.29, 0.717) is 17.8 Å². The third-order valence-corrected chi connectivity index (χ3v) is 5.64. The first-order valence-electron chi connectivity index (χ1n) is 4.83. The van der Waals surface area contributed by atoms with E-state index in [-0.39, 0.29) is 18.2 Å². The third-order valence-electron chi connectivity index (χ3n) is 2.39. The number of ketones is 1. The second-order valence-electron chi connectivity index (χ2n) is 3.60. The van der Waals surface area contributed by atoms with Crippen LogP contribution >= 0.6 is 43.2 Å². The first-order valence-corrected chi connectivity index (χ1v) is 7.24. The maximum atomic E-state index is 12.1. The van der Waals surface area contributed by atoms with Crippen LogP contribution in [0.1, 0.15) is 22.5 Å². The topological polar surface area (TPSA) is 37.4 Å². The van der Waals surface area contributed by atoms with Gasteiger partial charge in [0.1, 0.15) is 0 Å². The van der Waals surface area contributed by atoms with Gasteiger partial charge in [-0.2, -0.15) is 0 Å². The Bertz CT molecular complexity index is 425. The number of piperidine rings is 1. The van der Waals surface area contributed by atoms with E-state index in [0.717, 1.165) is 14.7 Å². The Morgan fingerprint density at radius 3 is 2.75 bits per heavy atom. The minimum Gasteiger partial charge on any atom is -0.331 e. The summed E-state index contributed by atoms with van der Waals surface area (Å²) in [4.78, 5) is 25.6. The molecule has 1 aliphatic heterocycles. The average Bonchev–Trinajstić information content (AvgIpc) is 2.58. The van der Waals surface area contributed by atoms with E-state index in [2.05, 4.69) is 31.9 Å². The summed E-state index contributed by atoms with van der Waals surface area (Å²) in [5.74, 6) is 0.0961. The van der Waals surface area contributed by atoms with E-state index >= 15 is 0 Å². The lowest BCUT2D eigenvalue weighted by molar-refractivity contribution is -0.121. The highest BCUT2D eigenvalue weighted by Crippen LogP contribution is 2.33. The number of hydrogen-bond donors (Lipinski definition) is 0. The number of thiophene rings is 1. The molecule has 3 nitrogen and oxygen atoms in total. The molecule has 0 aromatic carbocycles. The molecule has 0 bridgehead atoms. The molecule has 1 aliphatic rings. The fourth-order valence-corrected chi connectivity index (χ4v) is 3.62. The Balaban J connectivity index is 2.15. The molecule has 86 valence electrons. The van der Waals surface area contributed by atoms with E-state index in [1.54, 1.807) is 11.0 Å². The maximum absolute atomic E-state index is 12.1. The average molecular weight is 367 g/mol. The Hall–Kier alpha value is -0.200. The van der Waals surface area contributed by atoms with Gasteiger partial charge >= 0.3 is 0 Å². The van der Waals surface area contributed by atoms with Crippen molar-refractivity contribution >= 4 is 54.9 Å². The molecule has 1 fully saturated rings. The lowest BCUT2D eigenvalue weighted by atomic mass is 10.1. The molecule has 0 unspecified atom stereocenters. The van der Waals surface area contributed by atoms with Crippen molar-refractivity contribution < 1.29 is 9.59 Å². The monoisotopic (exact) mass is 365 g/mol. The zero-order valence-electron chi connectivity index (χ0n) is 8.33. The highest BCUT2D eigenvalue weighted by molar-refractivity contribution is 9.13. The van der Waals surface area contributed by atoms with Crippen LogP contribution in [-0.4, -0.2) is 29.7 Å². The smallest absolute Gasteiger partial charge is 0.264 e. The summed E-state index contributed by atoms with van der Waals surface area (Å²) in [6.07, 6.45) is 1.37. The number of rotatable bonds is 1. The van der Waals surface area contributed by atoms with Crippen molar-refractivity contribution in [3.8, 4) is 0 Å². The zero-order valence-corrected chi connectivity index (χ0v) is 12.3. The Morgan fingerprint density at radius 2 is 2.19 bits per heavy atom. The SMILES string of the molecule is O=C1CCCN(C(=O)c2cc(Br)c(Br)s2)C1. The van der Waals surface area contributed by atoms with E-state index in [4.69, 9.17) is 0 Å². The van der Waals surface area contributed by atoms with Crippen LogP contribution in [0.2, 0.25) is 0 Å². The van der Waals surface area contributed by atoms with Crippen LogP contribution in [0.5, 0.6) is 0 Å². The van der Waals surface area contributed by atoms with Gasteiger partial charge in [0.05, 0.1) is 15.2 Å². The van der Waals surface area contributed by atoms with E-state index in [1.165, 1.54) is 11.3 Å². The quantitative estimate of drug-likeness (QED) is 0.765. The van der Waals surface area contributed by atoms with E-state index in [1.807, 2.05) is 0 Å². The molecule has 1 amide bonds. The van der Waals surface area contributed by atoms with Gasteiger partial charge in [0.2, 0.25) is 0 Å². The highest BCUT2D eigenvalue weighted by Gasteiger charge is 2.24. The standard InChI is InChI=1S/C10H9Br2NO2S/c11-7-4-8(16-9(7)12)10(15)13-3-1-2-6(14)5-13/h4H,1-3,5H2. The van der Waals surface area contributed by atoms with Crippen LogP contribution in [0, 0.1) is 0 Å². The summed E-state index contributed by atoms with van der Waals surface area (Å²) < 4.78 is 1.78. The lowest BCUT2D eigenvalue weighted by Crippen LogP contribution is -2.39. The van der Waals surface area contributed by atoms with E-state index in [9.17, 15) is 9.59 Å². The molecule has 0 spiro atoms. The molecule has 1 aromatic heterocycles. The van der Waals surface area contributed by atoms with Gasteiger partial charge in [0.25, 0.3) is 5.91 Å². The van der Waals surface area contributed by atoms with Crippen LogP contribution in [-0.2, 0) is 4.79 Å². The molecule has 0 aliphatic carbocycles. The summed E-state index contributed by atoms with van der Waals surface area (Å²) in [6.45, 7) is 0.934. The van der Waals surface area contributed by atoms with Crippen LogP contribution < -0.4 is 0 Å². The van der Waals surface area contributed by atoms with Crippen molar-refractivity contribution in [1.29, 1.82) is 0 Å². The van der Waals surface area contributed by atoms with Crippen molar-refractivity contribution in [2.24, 2.45) is 0 Å². The Labute approximate surface area is 114 Å². The van der Waals surface area contributed by atoms with Gasteiger partial charge in [-0.05, 0) is 44.3 Å². The maximum Gasteiger partial charge on any atom is 0.264 e. The highest BCUT2D eigenvalue weighted by atomic mass is 79.9. The summed E-state index contributed by atoms with van der Waals surface area (Å²) in [5.41, 5.74) is 0. The number of halogens is 2. The molecule has 1 saturated heterocycles. The predicted molar refractivity (Wildman–Crippen MR) is 69.9 cm³/mol. The molecule has 0 radical (unpaired) electrons. The van der Waals surface area contributed by atoms with Gasteiger partial charge in [0, 0.05) is 17.4 Å². The summed E-state index contributed by atoms with van der Waals surface area (Å²) in [7, 11) is 0. The number of Topliss-reactive ketones (excluding diaryl/α,β-unsaturated/α-hetero) is 1. The number of carbonyl (C=O) groups is 2. The van der Waals surface area contributed by atoms with Crippen LogP contribution in [0.4, 0.5) is 0 Å². The van der Waals surface area contributed by atoms with Crippen LogP contribution in [0.3, 0.4) is 0 Å². The second kappa shape index (κ2) is 4.98. The van der Waals surface area contributed by atoms with Crippen molar-refractivity contribution in [1.82, 2.24) is 4.90 Å². The summed E-state index contributed by atoms with van der Waals surface area (Å²) in [6, 6.07) is 1.79. The van der Waals surface area contributed by atoms with Crippen molar-refractivity contribution in [2.75, 3.05) is 13.1 Å². The molecule has 0 N–H and O–H groups in total. The van der Waals surface area contributed by atoms with E-state index < -0.39 is 0 Å². The molecule has 2 rings (SSSR count). The summed E-state index contributed by atoms with van der Waals surface area (Å²) >= 11 is 8.08. The number of hydrogen-bond acceptors (Lipinski definition) is 3. The van der Waals surface area contributed by atoms with Crippen LogP contribution in [0.15, 0.2) is 14.3 Å². The number of amides is 1. The molecule has 6 heteroatoms. The molecular weight excluding hydrogens is 358 g/mol. The van der Waals surface area contributed by atoms with Gasteiger partial charge in [-0.1, -0.05) is 0 Å². The molecule has 16 heavy (non-hydrogen) atoms. The minimum atomic E-state index is -0.0514. The van der Waals surface area contributed by atoms with Crippen molar-refractivity contribution in [3.05, 3.63) is 19.2 Å². The molecule has 0 atom stereocenters. The second-order valence-corrected chi connectivity index (χ2v) is 6.83. The van der Waals surface area contributed by atoms with Crippen molar-refractivity contribution in [3.63, 3.8) is 0 Å². The van der Waals surface area contributed by atoms with Gasteiger partial charge in [-0.15, -0.1) is 11.3 Å². The van der Waals surface area contributed by atoms with Gasteiger partial charge in [0.15, 0.2) is 5.78 Å². The first-order chi connectivity index (χ1) is 7.58. The Morgan fingerprint density at radius 1 is 1.44 bits per heavy atom. The molecule has 2 heterocycles. The number of likely N-dealkylation sites (tertiary alicyclic amines) is 1. The minimum absolute atomic E-state index is 0.0514. The summed E-state index contributed by atoms with van der Waals surface area (Å²) in [5, 5.41) is 0. The number of nitrogens with zero attached hydrogens (tertiary/aromatic N) is 1. The fourth-order valence-electron chi connectivity index (χ4n) is 1.62. The number of carbonyl (C=O) groups excluding carboxylic acids is 2. The molecular formula is C10H9Br2NO2S. The lowest BCUT2D eigenvalue weighted by Gasteiger charge is -2.25. The zero-order chi connectivity index (χ0) is 11.7. The first kappa shape index (κ1) is 12.3. The fraction of sp³-hybridized carbons (Fsp3) is 0.400. The van der Waals surface area contributed by atoms with Gasteiger partial charge < -0.3 is 4.90 Å². The van der Waals surface area contributed by atoms with Gasteiger partial charge in [-0.25, -0.2) is 0 Å². The molecule has 1 aromatic rings. The van der Waals surface area contributed by atoms with Crippen molar-refractivity contribution in [2.45, 2.75) is 12.8 Å². The van der Waals surface area contributed by atoms with Gasteiger partial charge in [-0.3, -0.25) is 9.59 Å². The largest absolute Gasteiger partial charge is 0.331 e. The predicted octanol–water partition coefficient (Wildman–Crippen LogP) is 3.08. The third kappa shape index (κ3) is 2.55. The normalized spacial score (nSPS) is 16.6.